The summed E-state index contributed by atoms with van der Waals surface area (Å²) in [7, 11) is 0. The minimum Gasteiger partial charge on any atom is -0.462 e. The molecule has 1 unspecified atom stereocenters. The normalized spacial score (nSPS) is 15.3. The number of fused-ring (bicyclic) bond motifs is 1. The van der Waals surface area contributed by atoms with E-state index in [4.69, 9.17) is 0 Å². The summed E-state index contributed by atoms with van der Waals surface area (Å²) in [5.41, 5.74) is -0.476. The number of hydrogen-bond acceptors (Lipinski definition) is 4. The maximum absolute atomic E-state index is 14.0. The molecule has 106 valence electrons. The van der Waals surface area contributed by atoms with E-state index in [-0.39, 0.29) is 22.3 Å². The van der Waals surface area contributed by atoms with Crippen molar-refractivity contribution < 1.29 is 27.9 Å². The van der Waals surface area contributed by atoms with Gasteiger partial charge in [-0.2, -0.15) is 0 Å². The molecular formula is C12H8BrF2NO4. The average molecular weight is 348 g/mol. The van der Waals surface area contributed by atoms with E-state index in [1.165, 1.54) is 6.92 Å². The molecule has 1 aromatic carbocycles. The molecule has 5 nitrogen and oxygen atoms in total. The van der Waals surface area contributed by atoms with Crippen LogP contribution in [-0.2, 0) is 14.3 Å². The van der Waals surface area contributed by atoms with Crippen LogP contribution in [0.2, 0.25) is 0 Å². The maximum atomic E-state index is 14.0. The van der Waals surface area contributed by atoms with Crippen molar-refractivity contribution in [3.05, 3.63) is 28.0 Å². The minimum absolute atomic E-state index is 0.00125. The van der Waals surface area contributed by atoms with Crippen molar-refractivity contribution in [1.29, 1.82) is 0 Å². The smallest absolute Gasteiger partial charge is 0.362 e. The van der Waals surface area contributed by atoms with Crippen LogP contribution in [0.5, 0.6) is 0 Å². The highest BCUT2D eigenvalue weighted by atomic mass is 79.9. The Kier molecular flexibility index (Phi) is 3.85. The van der Waals surface area contributed by atoms with Gasteiger partial charge in [0, 0.05) is 4.47 Å². The Morgan fingerprint density at radius 3 is 2.70 bits per heavy atom. The third-order valence-corrected chi connectivity index (χ3v) is 3.24. The monoisotopic (exact) mass is 347 g/mol. The van der Waals surface area contributed by atoms with E-state index in [1.807, 2.05) is 0 Å². The fraction of sp³-hybridized carbons (Fsp3) is 0.250. The van der Waals surface area contributed by atoms with Gasteiger partial charge in [-0.05, 0) is 35.0 Å². The molecule has 0 bridgehead atoms. The fourth-order valence-electron chi connectivity index (χ4n) is 1.84. The summed E-state index contributed by atoms with van der Waals surface area (Å²) in [6.07, 6.45) is -2.46. The molecule has 8 heteroatoms. The first-order valence-electron chi connectivity index (χ1n) is 5.56. The zero-order valence-electron chi connectivity index (χ0n) is 10.2. The van der Waals surface area contributed by atoms with Gasteiger partial charge in [0.2, 0.25) is 0 Å². The number of rotatable bonds is 3. The van der Waals surface area contributed by atoms with Crippen molar-refractivity contribution in [2.45, 2.75) is 13.2 Å². The van der Waals surface area contributed by atoms with Crippen LogP contribution in [0.15, 0.2) is 16.6 Å². The first-order valence-corrected chi connectivity index (χ1v) is 6.35. The van der Waals surface area contributed by atoms with E-state index >= 15 is 0 Å². The minimum atomic E-state index is -2.46. The number of nitrogens with zero attached hydrogens (tertiary/aromatic N) is 1. The zero-order valence-corrected chi connectivity index (χ0v) is 11.7. The summed E-state index contributed by atoms with van der Waals surface area (Å²) in [6, 6.07) is 1.79. The van der Waals surface area contributed by atoms with Crippen LogP contribution in [0.1, 0.15) is 17.3 Å². The number of ketones is 1. The molecule has 0 spiro atoms. The highest BCUT2D eigenvalue weighted by Gasteiger charge is 2.45. The highest BCUT2D eigenvalue weighted by Crippen LogP contribution is 2.38. The average Bonchev–Trinajstić information content (AvgIpc) is 2.63. The van der Waals surface area contributed by atoms with E-state index in [1.54, 1.807) is 0 Å². The van der Waals surface area contributed by atoms with Gasteiger partial charge in [-0.1, -0.05) is 0 Å². The third kappa shape index (κ3) is 2.20. The summed E-state index contributed by atoms with van der Waals surface area (Å²) >= 11 is 2.95. The number of alkyl halides is 1. The lowest BCUT2D eigenvalue weighted by Gasteiger charge is -2.20. The van der Waals surface area contributed by atoms with Crippen molar-refractivity contribution in [3.63, 3.8) is 0 Å². The van der Waals surface area contributed by atoms with E-state index in [0.29, 0.717) is 4.90 Å². The number of amides is 1. The van der Waals surface area contributed by atoms with Gasteiger partial charge in [0.15, 0.2) is 0 Å². The summed E-state index contributed by atoms with van der Waals surface area (Å²) in [5.74, 6) is -4.37. The van der Waals surface area contributed by atoms with Gasteiger partial charge in [-0.25, -0.2) is 13.6 Å². The lowest BCUT2D eigenvalue weighted by atomic mass is 10.1. The van der Waals surface area contributed by atoms with E-state index < -0.39 is 29.8 Å². The largest absolute Gasteiger partial charge is 0.462 e. The number of benzene rings is 1. The number of carbonyl (C=O) groups is 3. The molecule has 0 fully saturated rings. The SMILES string of the molecule is CCOC(=O)C(F)N1C(=O)C(=O)c2cc(F)cc(Br)c21. The van der Waals surface area contributed by atoms with Gasteiger partial charge in [0.25, 0.3) is 12.1 Å². The molecular weight excluding hydrogens is 340 g/mol. The number of ether oxygens (including phenoxy) is 1. The van der Waals surface area contributed by atoms with Crippen molar-refractivity contribution in [1.82, 2.24) is 0 Å². The Balaban J connectivity index is 2.51. The van der Waals surface area contributed by atoms with E-state index in [2.05, 4.69) is 20.7 Å². The number of hydrogen-bond donors (Lipinski definition) is 0. The first-order chi connectivity index (χ1) is 9.38. The predicted octanol–water partition coefficient (Wildman–Crippen LogP) is 1.98. The predicted molar refractivity (Wildman–Crippen MR) is 67.4 cm³/mol. The van der Waals surface area contributed by atoms with Crippen molar-refractivity contribution >= 4 is 39.3 Å². The molecule has 1 atom stereocenters. The van der Waals surface area contributed by atoms with Crippen LogP contribution in [0.25, 0.3) is 0 Å². The molecule has 0 N–H and O–H groups in total. The molecule has 1 heterocycles. The lowest BCUT2D eigenvalue weighted by molar-refractivity contribution is -0.150. The Morgan fingerprint density at radius 2 is 2.10 bits per heavy atom. The van der Waals surface area contributed by atoms with Gasteiger partial charge in [0.1, 0.15) is 5.82 Å². The molecule has 0 aromatic heterocycles. The second kappa shape index (κ2) is 5.28. The topological polar surface area (TPSA) is 63.7 Å². The molecule has 1 aromatic rings. The molecule has 1 amide bonds. The van der Waals surface area contributed by atoms with Crippen molar-refractivity contribution in [2.75, 3.05) is 11.5 Å². The second-order valence-corrected chi connectivity index (χ2v) is 4.73. The number of halogens is 3. The van der Waals surface area contributed by atoms with Crippen LogP contribution >= 0.6 is 15.9 Å². The number of carbonyl (C=O) groups excluding carboxylic acids is 3. The Morgan fingerprint density at radius 1 is 1.45 bits per heavy atom. The van der Waals surface area contributed by atoms with Gasteiger partial charge in [-0.15, -0.1) is 0 Å². The first kappa shape index (κ1) is 14.6. The third-order valence-electron chi connectivity index (χ3n) is 2.63. The van der Waals surface area contributed by atoms with Crippen LogP contribution in [0, 0.1) is 5.82 Å². The highest BCUT2D eigenvalue weighted by molar-refractivity contribution is 9.10. The summed E-state index contributed by atoms with van der Waals surface area (Å²) in [4.78, 5) is 35.2. The standard InChI is InChI=1S/C12H8BrF2NO4/c1-2-20-12(19)10(15)16-8-6(9(17)11(16)18)3-5(14)4-7(8)13/h3-4,10H,2H2,1H3. The van der Waals surface area contributed by atoms with Crippen LogP contribution in [-0.4, -0.2) is 30.6 Å². The fourth-order valence-corrected chi connectivity index (χ4v) is 2.47. The second-order valence-electron chi connectivity index (χ2n) is 3.88. The van der Waals surface area contributed by atoms with Crippen molar-refractivity contribution in [3.8, 4) is 0 Å². The Hall–Kier alpha value is -1.83. The molecule has 2 rings (SSSR count). The zero-order chi connectivity index (χ0) is 15.0. The molecule has 20 heavy (non-hydrogen) atoms. The van der Waals surface area contributed by atoms with Crippen LogP contribution in [0.3, 0.4) is 0 Å². The summed E-state index contributed by atoms with van der Waals surface area (Å²) in [6.45, 7) is 1.40. The summed E-state index contributed by atoms with van der Waals surface area (Å²) in [5, 5.41) is 0. The van der Waals surface area contributed by atoms with Gasteiger partial charge in [0.05, 0.1) is 17.9 Å². The van der Waals surface area contributed by atoms with Crippen molar-refractivity contribution in [2.24, 2.45) is 0 Å². The Labute approximate surface area is 120 Å². The molecule has 0 saturated heterocycles. The van der Waals surface area contributed by atoms with E-state index in [0.717, 1.165) is 12.1 Å². The van der Waals surface area contributed by atoms with Gasteiger partial charge in [-0.3, -0.25) is 14.5 Å². The molecule has 0 aliphatic carbocycles. The van der Waals surface area contributed by atoms with Gasteiger partial charge < -0.3 is 4.74 Å². The number of esters is 1. The van der Waals surface area contributed by atoms with Crippen LogP contribution < -0.4 is 4.90 Å². The maximum Gasteiger partial charge on any atom is 0.362 e. The quantitative estimate of drug-likeness (QED) is 0.476. The van der Waals surface area contributed by atoms with E-state index in [9.17, 15) is 23.2 Å². The summed E-state index contributed by atoms with van der Waals surface area (Å²) < 4.78 is 31.7. The number of Topliss-reactive ketones (excluding diaryl/α,β-unsaturated/α-hetero) is 1. The molecule has 1 aliphatic heterocycles. The lowest BCUT2D eigenvalue weighted by Crippen LogP contribution is -2.42. The number of anilines is 1. The van der Waals surface area contributed by atoms with Crippen LogP contribution in [0.4, 0.5) is 14.5 Å². The van der Waals surface area contributed by atoms with Gasteiger partial charge >= 0.3 is 11.9 Å². The Bertz CT molecular complexity index is 620. The molecule has 1 aliphatic rings. The molecule has 0 saturated carbocycles. The molecule has 0 radical (unpaired) electrons.